The number of halogens is 2. The van der Waals surface area contributed by atoms with Gasteiger partial charge < -0.3 is 5.73 Å². The van der Waals surface area contributed by atoms with Crippen LogP contribution in [-0.4, -0.2) is 4.92 Å². The molecule has 0 radical (unpaired) electrons. The van der Waals surface area contributed by atoms with Crippen molar-refractivity contribution in [1.29, 1.82) is 0 Å². The molecule has 0 aliphatic carbocycles. The Hall–Kier alpha value is -1.20. The molecule has 0 aliphatic rings. The summed E-state index contributed by atoms with van der Waals surface area (Å²) in [4.78, 5) is 9.83. The van der Waals surface area contributed by atoms with Crippen molar-refractivity contribution in [2.75, 3.05) is 0 Å². The van der Waals surface area contributed by atoms with E-state index in [1.165, 1.54) is 6.07 Å². The van der Waals surface area contributed by atoms with E-state index in [9.17, 15) is 14.5 Å². The lowest BCUT2D eigenvalue weighted by molar-refractivity contribution is -0.385. The Labute approximate surface area is 86.5 Å². The highest BCUT2D eigenvalue weighted by Crippen LogP contribution is 2.22. The number of nitrogens with zero attached hydrogens (tertiary/aromatic N) is 1. The molecule has 6 heteroatoms. The highest BCUT2D eigenvalue weighted by molar-refractivity contribution is 5.85. The molecule has 0 spiro atoms. The van der Waals surface area contributed by atoms with Crippen molar-refractivity contribution in [2.45, 2.75) is 13.5 Å². The number of rotatable bonds is 2. The van der Waals surface area contributed by atoms with Crippen LogP contribution in [0.5, 0.6) is 0 Å². The van der Waals surface area contributed by atoms with E-state index in [0.717, 1.165) is 6.07 Å². The van der Waals surface area contributed by atoms with Crippen molar-refractivity contribution < 1.29 is 9.31 Å². The Morgan fingerprint density at radius 1 is 1.57 bits per heavy atom. The molecule has 0 saturated carbocycles. The van der Waals surface area contributed by atoms with Gasteiger partial charge in [0.1, 0.15) is 5.82 Å². The summed E-state index contributed by atoms with van der Waals surface area (Å²) in [5, 5.41) is 10.4. The summed E-state index contributed by atoms with van der Waals surface area (Å²) in [5.41, 5.74) is 5.97. The van der Waals surface area contributed by atoms with E-state index < -0.39 is 10.7 Å². The van der Waals surface area contributed by atoms with Crippen molar-refractivity contribution >= 4 is 18.1 Å². The molecule has 0 aliphatic heterocycles. The van der Waals surface area contributed by atoms with Gasteiger partial charge >= 0.3 is 0 Å². The minimum atomic E-state index is -0.627. The molecule has 4 nitrogen and oxygen atoms in total. The minimum absolute atomic E-state index is 0. The Balaban J connectivity index is 0.00000169. The van der Waals surface area contributed by atoms with Gasteiger partial charge in [-0.25, -0.2) is 4.39 Å². The number of benzene rings is 1. The van der Waals surface area contributed by atoms with Crippen LogP contribution in [0.25, 0.3) is 0 Å². The zero-order valence-corrected chi connectivity index (χ0v) is 8.31. The van der Waals surface area contributed by atoms with E-state index in [0.29, 0.717) is 11.1 Å². The second-order valence-corrected chi connectivity index (χ2v) is 2.67. The summed E-state index contributed by atoms with van der Waals surface area (Å²) in [6, 6.07) is 2.11. The molecule has 78 valence electrons. The summed E-state index contributed by atoms with van der Waals surface area (Å²) in [7, 11) is 0. The van der Waals surface area contributed by atoms with Crippen molar-refractivity contribution in [3.63, 3.8) is 0 Å². The van der Waals surface area contributed by atoms with E-state index in [4.69, 9.17) is 5.73 Å². The molecular weight excluding hydrogens is 211 g/mol. The van der Waals surface area contributed by atoms with E-state index in [-0.39, 0.29) is 24.6 Å². The third-order valence-corrected chi connectivity index (χ3v) is 1.87. The first kappa shape index (κ1) is 12.8. The highest BCUT2D eigenvalue weighted by Gasteiger charge is 2.14. The van der Waals surface area contributed by atoms with Crippen LogP contribution >= 0.6 is 12.4 Å². The third kappa shape index (κ3) is 2.40. The summed E-state index contributed by atoms with van der Waals surface area (Å²) in [6.07, 6.45) is 0. The van der Waals surface area contributed by atoms with Crippen molar-refractivity contribution in [3.05, 3.63) is 39.2 Å². The number of hydrogen-bond acceptors (Lipinski definition) is 3. The Bertz CT molecular complexity index is 357. The first-order valence-electron chi connectivity index (χ1n) is 3.69. The van der Waals surface area contributed by atoms with E-state index in [1.807, 2.05) is 0 Å². The Morgan fingerprint density at radius 2 is 2.14 bits per heavy atom. The molecule has 0 aromatic heterocycles. The van der Waals surface area contributed by atoms with Crippen molar-refractivity contribution in [3.8, 4) is 0 Å². The standard InChI is InChI=1S/C8H9FN2O2.ClH/c1-5-6(4-10)2-7(9)3-8(5)11(12)13;/h2-3H,4,10H2,1H3;1H. The second-order valence-electron chi connectivity index (χ2n) is 2.67. The fourth-order valence-electron chi connectivity index (χ4n) is 1.12. The van der Waals surface area contributed by atoms with Crippen LogP contribution in [0.4, 0.5) is 10.1 Å². The molecule has 0 atom stereocenters. The number of nitro benzene ring substituents is 1. The summed E-state index contributed by atoms with van der Waals surface area (Å²) >= 11 is 0. The zero-order valence-electron chi connectivity index (χ0n) is 7.49. The first-order valence-corrected chi connectivity index (χ1v) is 3.69. The quantitative estimate of drug-likeness (QED) is 0.612. The van der Waals surface area contributed by atoms with E-state index >= 15 is 0 Å². The normalized spacial score (nSPS) is 9.36. The average Bonchev–Trinajstić information content (AvgIpc) is 2.08. The lowest BCUT2D eigenvalue weighted by atomic mass is 10.1. The lowest BCUT2D eigenvalue weighted by Gasteiger charge is -2.03. The van der Waals surface area contributed by atoms with Crippen molar-refractivity contribution in [1.82, 2.24) is 0 Å². The van der Waals surface area contributed by atoms with Crippen LogP contribution in [0.3, 0.4) is 0 Å². The van der Waals surface area contributed by atoms with Gasteiger partial charge in [0.2, 0.25) is 0 Å². The van der Waals surface area contributed by atoms with Crippen LogP contribution in [0.2, 0.25) is 0 Å². The van der Waals surface area contributed by atoms with Gasteiger partial charge in [-0.3, -0.25) is 10.1 Å². The smallest absolute Gasteiger partial charge is 0.275 e. The van der Waals surface area contributed by atoms with Gasteiger partial charge in [0.05, 0.1) is 11.0 Å². The largest absolute Gasteiger partial charge is 0.326 e. The fourth-order valence-corrected chi connectivity index (χ4v) is 1.12. The predicted molar refractivity (Wildman–Crippen MR) is 52.9 cm³/mol. The molecular formula is C8H10ClFN2O2. The molecule has 14 heavy (non-hydrogen) atoms. The first-order chi connectivity index (χ1) is 6.06. The van der Waals surface area contributed by atoms with Crippen LogP contribution in [-0.2, 0) is 6.54 Å². The monoisotopic (exact) mass is 220 g/mol. The molecule has 0 heterocycles. The SMILES string of the molecule is Cc1c(CN)cc(F)cc1[N+](=O)[O-].Cl. The Morgan fingerprint density at radius 3 is 2.57 bits per heavy atom. The van der Waals surface area contributed by atoms with Gasteiger partial charge in [-0.15, -0.1) is 12.4 Å². The average molecular weight is 221 g/mol. The zero-order chi connectivity index (χ0) is 10.0. The maximum absolute atomic E-state index is 12.8. The van der Waals surface area contributed by atoms with Crippen LogP contribution in [0.1, 0.15) is 11.1 Å². The fraction of sp³-hybridized carbons (Fsp3) is 0.250. The predicted octanol–water partition coefficient (Wildman–Crippen LogP) is 1.92. The third-order valence-electron chi connectivity index (χ3n) is 1.87. The highest BCUT2D eigenvalue weighted by atomic mass is 35.5. The molecule has 0 unspecified atom stereocenters. The number of hydrogen-bond donors (Lipinski definition) is 1. The molecule has 0 saturated heterocycles. The van der Waals surface area contributed by atoms with Gasteiger partial charge in [0.15, 0.2) is 0 Å². The molecule has 1 aromatic carbocycles. The van der Waals surface area contributed by atoms with E-state index in [1.54, 1.807) is 6.92 Å². The minimum Gasteiger partial charge on any atom is -0.326 e. The topological polar surface area (TPSA) is 69.2 Å². The summed E-state index contributed by atoms with van der Waals surface area (Å²) in [5.74, 6) is -0.627. The number of nitro groups is 1. The molecule has 1 rings (SSSR count). The summed E-state index contributed by atoms with van der Waals surface area (Å²) < 4.78 is 12.8. The van der Waals surface area contributed by atoms with Crippen LogP contribution in [0, 0.1) is 22.9 Å². The molecule has 2 N–H and O–H groups in total. The van der Waals surface area contributed by atoms with Crippen LogP contribution < -0.4 is 5.73 Å². The molecule has 1 aromatic rings. The van der Waals surface area contributed by atoms with Gasteiger partial charge in [0, 0.05) is 12.1 Å². The molecule has 0 amide bonds. The lowest BCUT2D eigenvalue weighted by Crippen LogP contribution is -2.03. The second kappa shape index (κ2) is 4.88. The number of nitrogens with two attached hydrogens (primary N) is 1. The van der Waals surface area contributed by atoms with Gasteiger partial charge in [0.25, 0.3) is 5.69 Å². The maximum Gasteiger partial charge on any atom is 0.275 e. The summed E-state index contributed by atoms with van der Waals surface area (Å²) in [6.45, 7) is 1.66. The van der Waals surface area contributed by atoms with Crippen LogP contribution in [0.15, 0.2) is 12.1 Å². The Kier molecular flexibility index (Phi) is 4.46. The van der Waals surface area contributed by atoms with Crippen molar-refractivity contribution in [2.24, 2.45) is 5.73 Å². The van der Waals surface area contributed by atoms with Gasteiger partial charge in [-0.05, 0) is 18.6 Å². The van der Waals surface area contributed by atoms with Gasteiger partial charge in [-0.1, -0.05) is 0 Å². The molecule has 0 fully saturated rings. The maximum atomic E-state index is 12.8. The van der Waals surface area contributed by atoms with Gasteiger partial charge in [-0.2, -0.15) is 0 Å². The molecule has 0 bridgehead atoms. The van der Waals surface area contributed by atoms with E-state index in [2.05, 4.69) is 0 Å².